The number of hydrogen-bond acceptors (Lipinski definition) is 7. The van der Waals surface area contributed by atoms with Crippen LogP contribution in [0.5, 0.6) is 0 Å². The second kappa shape index (κ2) is 12.4. The van der Waals surface area contributed by atoms with Crippen molar-refractivity contribution in [3.05, 3.63) is 84.0 Å². The van der Waals surface area contributed by atoms with Crippen LogP contribution in [0.25, 0.3) is 0 Å². The summed E-state index contributed by atoms with van der Waals surface area (Å²) in [6.45, 7) is 1.74. The van der Waals surface area contributed by atoms with Gasteiger partial charge in [0.15, 0.2) is 0 Å². The highest BCUT2D eigenvalue weighted by atomic mass is 19.1. The molecule has 8 heteroatoms. The molecule has 2 atom stereocenters. The maximum absolute atomic E-state index is 13.2. The number of aliphatic hydroxyl groups is 2. The van der Waals surface area contributed by atoms with Gasteiger partial charge in [-0.1, -0.05) is 12.1 Å². The average Bonchev–Trinajstić information content (AvgIpc) is 3.44. The van der Waals surface area contributed by atoms with Gasteiger partial charge in [0.25, 0.3) is 0 Å². The van der Waals surface area contributed by atoms with Gasteiger partial charge in [-0.3, -0.25) is 4.90 Å². The molecule has 0 aliphatic rings. The second-order valence-corrected chi connectivity index (χ2v) is 7.32. The SMILES string of the molecule is O[C@@H](COCc1ccco1)CN(Cc1ccc(F)cc1)C[C@@H](O)COCc1ccco1. The third kappa shape index (κ3) is 8.64. The molecule has 31 heavy (non-hydrogen) atoms. The number of rotatable bonds is 14. The lowest BCUT2D eigenvalue weighted by molar-refractivity contribution is -0.0211. The molecule has 1 aromatic carbocycles. The van der Waals surface area contributed by atoms with Crippen LogP contribution in [-0.2, 0) is 29.2 Å². The smallest absolute Gasteiger partial charge is 0.129 e. The van der Waals surface area contributed by atoms with Gasteiger partial charge >= 0.3 is 0 Å². The second-order valence-electron chi connectivity index (χ2n) is 7.32. The third-order valence-corrected chi connectivity index (χ3v) is 4.53. The molecule has 0 saturated heterocycles. The third-order valence-electron chi connectivity index (χ3n) is 4.53. The predicted molar refractivity (Wildman–Crippen MR) is 110 cm³/mol. The maximum atomic E-state index is 13.2. The molecule has 0 radical (unpaired) electrons. The Morgan fingerprint density at radius 1 is 0.806 bits per heavy atom. The molecule has 7 nitrogen and oxygen atoms in total. The molecular formula is C23H28FNO6. The first-order valence-electron chi connectivity index (χ1n) is 10.1. The van der Waals surface area contributed by atoms with E-state index in [2.05, 4.69) is 0 Å². The van der Waals surface area contributed by atoms with Crippen molar-refractivity contribution in [3.63, 3.8) is 0 Å². The van der Waals surface area contributed by atoms with Gasteiger partial charge in [-0.05, 0) is 42.0 Å². The Labute approximate surface area is 180 Å². The Bertz CT molecular complexity index is 789. The van der Waals surface area contributed by atoms with Gasteiger partial charge < -0.3 is 28.5 Å². The average molecular weight is 433 g/mol. The summed E-state index contributed by atoms with van der Waals surface area (Å²) >= 11 is 0. The molecule has 3 rings (SSSR count). The fourth-order valence-corrected chi connectivity index (χ4v) is 3.13. The summed E-state index contributed by atoms with van der Waals surface area (Å²) < 4.78 is 34.6. The predicted octanol–water partition coefficient (Wildman–Crippen LogP) is 2.97. The monoisotopic (exact) mass is 433 g/mol. The number of nitrogens with zero attached hydrogens (tertiary/aromatic N) is 1. The van der Waals surface area contributed by atoms with Crippen LogP contribution in [0.3, 0.4) is 0 Å². The van der Waals surface area contributed by atoms with Crippen LogP contribution in [0.4, 0.5) is 4.39 Å². The Kier molecular flexibility index (Phi) is 9.26. The van der Waals surface area contributed by atoms with Crippen LogP contribution >= 0.6 is 0 Å². The minimum atomic E-state index is -0.772. The fraction of sp³-hybridized carbons (Fsp3) is 0.391. The number of ether oxygens (including phenoxy) is 2. The number of hydrogen-bond donors (Lipinski definition) is 2. The van der Waals surface area contributed by atoms with E-state index in [1.165, 1.54) is 12.1 Å². The minimum Gasteiger partial charge on any atom is -0.467 e. The summed E-state index contributed by atoms with van der Waals surface area (Å²) in [6, 6.07) is 13.3. The largest absolute Gasteiger partial charge is 0.467 e. The molecule has 3 aromatic rings. The van der Waals surface area contributed by atoms with Crippen LogP contribution in [0.15, 0.2) is 69.9 Å². The van der Waals surface area contributed by atoms with Gasteiger partial charge in [0, 0.05) is 19.6 Å². The van der Waals surface area contributed by atoms with Crippen molar-refractivity contribution in [2.24, 2.45) is 0 Å². The molecule has 168 valence electrons. The summed E-state index contributed by atoms with van der Waals surface area (Å²) in [6.07, 6.45) is 1.59. The lowest BCUT2D eigenvalue weighted by Gasteiger charge is -2.27. The van der Waals surface area contributed by atoms with Crippen molar-refractivity contribution in [3.8, 4) is 0 Å². The van der Waals surface area contributed by atoms with Gasteiger partial charge in [-0.2, -0.15) is 0 Å². The summed E-state index contributed by atoms with van der Waals surface area (Å²) in [5, 5.41) is 20.8. The standard InChI is InChI=1S/C23H28FNO6/c24-19-7-5-18(6-8-19)11-25(12-20(26)14-28-16-22-3-1-9-30-22)13-21(27)15-29-17-23-4-2-10-31-23/h1-10,20-21,26-27H,11-17H2/t20-,21-/m1/s1. The van der Waals surface area contributed by atoms with Crippen molar-refractivity contribution >= 4 is 0 Å². The van der Waals surface area contributed by atoms with E-state index in [-0.39, 0.29) is 45.3 Å². The molecule has 0 spiro atoms. The van der Waals surface area contributed by atoms with Crippen molar-refractivity contribution in [2.75, 3.05) is 26.3 Å². The molecular weight excluding hydrogens is 405 g/mol. The highest BCUT2D eigenvalue weighted by molar-refractivity contribution is 5.16. The lowest BCUT2D eigenvalue weighted by atomic mass is 10.2. The lowest BCUT2D eigenvalue weighted by Crippen LogP contribution is -2.40. The zero-order valence-electron chi connectivity index (χ0n) is 17.2. The van der Waals surface area contributed by atoms with E-state index < -0.39 is 12.2 Å². The molecule has 0 aliphatic carbocycles. The quantitative estimate of drug-likeness (QED) is 0.404. The van der Waals surface area contributed by atoms with E-state index in [1.54, 1.807) is 48.9 Å². The van der Waals surface area contributed by atoms with E-state index in [0.717, 1.165) is 5.56 Å². The molecule has 0 amide bonds. The van der Waals surface area contributed by atoms with Gasteiger partial charge in [0.1, 0.15) is 30.6 Å². The summed E-state index contributed by atoms with van der Waals surface area (Å²) in [5.41, 5.74) is 0.869. The van der Waals surface area contributed by atoms with Crippen LogP contribution in [0, 0.1) is 5.82 Å². The van der Waals surface area contributed by atoms with Crippen molar-refractivity contribution in [1.82, 2.24) is 4.90 Å². The highest BCUT2D eigenvalue weighted by Gasteiger charge is 2.17. The first-order chi connectivity index (χ1) is 15.1. The van der Waals surface area contributed by atoms with E-state index in [9.17, 15) is 14.6 Å². The van der Waals surface area contributed by atoms with E-state index in [0.29, 0.717) is 18.1 Å². The maximum Gasteiger partial charge on any atom is 0.129 e. The number of aliphatic hydroxyl groups excluding tert-OH is 2. The first-order valence-corrected chi connectivity index (χ1v) is 10.1. The van der Waals surface area contributed by atoms with Gasteiger partial charge in [0.05, 0.1) is 37.9 Å². The van der Waals surface area contributed by atoms with E-state index in [4.69, 9.17) is 18.3 Å². The van der Waals surface area contributed by atoms with E-state index >= 15 is 0 Å². The van der Waals surface area contributed by atoms with Crippen molar-refractivity contribution < 1.29 is 32.9 Å². The van der Waals surface area contributed by atoms with Gasteiger partial charge in [0.2, 0.25) is 0 Å². The number of halogens is 1. The van der Waals surface area contributed by atoms with Crippen LogP contribution in [0.1, 0.15) is 17.1 Å². The van der Waals surface area contributed by atoms with Crippen molar-refractivity contribution in [2.45, 2.75) is 32.0 Å². The summed E-state index contributed by atoms with van der Waals surface area (Å²) in [4.78, 5) is 1.88. The Balaban J connectivity index is 1.48. The van der Waals surface area contributed by atoms with Crippen LogP contribution < -0.4 is 0 Å². The van der Waals surface area contributed by atoms with Crippen LogP contribution in [0.2, 0.25) is 0 Å². The number of furan rings is 2. The minimum absolute atomic E-state index is 0.117. The summed E-state index contributed by atoms with van der Waals surface area (Å²) in [7, 11) is 0. The normalized spacial score (nSPS) is 13.5. The molecule has 2 aromatic heterocycles. The van der Waals surface area contributed by atoms with E-state index in [1.807, 2.05) is 4.90 Å². The number of benzene rings is 1. The molecule has 0 unspecified atom stereocenters. The molecule has 2 heterocycles. The van der Waals surface area contributed by atoms with Gasteiger partial charge in [-0.15, -0.1) is 0 Å². The highest BCUT2D eigenvalue weighted by Crippen LogP contribution is 2.10. The van der Waals surface area contributed by atoms with Crippen molar-refractivity contribution in [1.29, 1.82) is 0 Å². The topological polar surface area (TPSA) is 88.4 Å². The molecule has 0 fully saturated rings. The first kappa shape index (κ1) is 23.2. The molecule has 0 bridgehead atoms. The molecule has 0 aliphatic heterocycles. The fourth-order valence-electron chi connectivity index (χ4n) is 3.13. The zero-order chi connectivity index (χ0) is 21.9. The summed E-state index contributed by atoms with van der Waals surface area (Å²) in [5.74, 6) is 1.05. The Morgan fingerprint density at radius 2 is 1.32 bits per heavy atom. The Hall–Kier alpha value is -2.49. The van der Waals surface area contributed by atoms with Crippen LogP contribution in [-0.4, -0.2) is 53.6 Å². The molecule has 0 saturated carbocycles. The molecule has 2 N–H and O–H groups in total. The Morgan fingerprint density at radius 3 is 1.77 bits per heavy atom. The zero-order valence-corrected chi connectivity index (χ0v) is 17.2. The van der Waals surface area contributed by atoms with Gasteiger partial charge in [-0.25, -0.2) is 4.39 Å².